The van der Waals surface area contributed by atoms with Crippen LogP contribution >= 0.6 is 0 Å². The molecule has 3 heteroatoms. The van der Waals surface area contributed by atoms with Crippen LogP contribution in [0.1, 0.15) is 52.7 Å². The van der Waals surface area contributed by atoms with Crippen molar-refractivity contribution in [2.24, 2.45) is 0 Å². The molecule has 0 aliphatic rings. The van der Waals surface area contributed by atoms with E-state index in [0.717, 1.165) is 0 Å². The standard InChI is InChI=1S/C14H20FO2/c1-13(2,3)8-7-9(15)10(14(4,5)6)12(17)11(8)16/h7,17H,1-6H3/p-1. The predicted molar refractivity (Wildman–Crippen MR) is 63.4 cm³/mol. The Morgan fingerprint density at radius 1 is 1.06 bits per heavy atom. The van der Waals surface area contributed by atoms with E-state index in [1.54, 1.807) is 41.5 Å². The Balaban J connectivity index is 3.60. The van der Waals surface area contributed by atoms with Gasteiger partial charge in [0.25, 0.3) is 0 Å². The predicted octanol–water partition coefficient (Wildman–Crippen LogP) is 3.64. The van der Waals surface area contributed by atoms with Crippen molar-refractivity contribution in [2.75, 3.05) is 0 Å². The summed E-state index contributed by atoms with van der Waals surface area (Å²) in [6.45, 7) is 10.5. The van der Waals surface area contributed by atoms with Crippen LogP contribution in [-0.2, 0) is 15.9 Å². The van der Waals surface area contributed by atoms with Crippen molar-refractivity contribution >= 4 is 0 Å². The second kappa shape index (κ2) is 3.90. The lowest BCUT2D eigenvalue weighted by Gasteiger charge is -2.30. The van der Waals surface area contributed by atoms with E-state index in [1.165, 1.54) is 6.07 Å². The van der Waals surface area contributed by atoms with Crippen molar-refractivity contribution in [2.45, 2.75) is 52.4 Å². The van der Waals surface area contributed by atoms with Gasteiger partial charge < -0.3 is 5.11 Å². The highest BCUT2D eigenvalue weighted by Crippen LogP contribution is 2.43. The average molecular weight is 238 g/mol. The third-order valence-corrected chi connectivity index (χ3v) is 2.75. The van der Waals surface area contributed by atoms with E-state index in [4.69, 9.17) is 0 Å². The van der Waals surface area contributed by atoms with Crippen molar-refractivity contribution in [3.8, 4) is 11.5 Å². The lowest BCUT2D eigenvalue weighted by atomic mass is 9.80. The van der Waals surface area contributed by atoms with Crippen molar-refractivity contribution in [3.05, 3.63) is 23.0 Å². The van der Waals surface area contributed by atoms with Crippen molar-refractivity contribution in [3.63, 3.8) is 0 Å². The van der Waals surface area contributed by atoms with Crippen LogP contribution in [0, 0.1) is 5.82 Å². The zero-order chi connectivity index (χ0) is 13.6. The van der Waals surface area contributed by atoms with Crippen molar-refractivity contribution in [1.82, 2.24) is 0 Å². The molecule has 0 aromatic heterocycles. The molecule has 0 unspecified atom stereocenters. The van der Waals surface area contributed by atoms with Crippen molar-refractivity contribution < 1.29 is 14.6 Å². The number of benzene rings is 1. The molecule has 17 heavy (non-hydrogen) atoms. The van der Waals surface area contributed by atoms with E-state index in [-0.39, 0.29) is 11.1 Å². The van der Waals surface area contributed by atoms with E-state index < -0.39 is 28.1 Å². The molecule has 0 saturated heterocycles. The summed E-state index contributed by atoms with van der Waals surface area (Å²) < 4.78 is 14.0. The van der Waals surface area contributed by atoms with Gasteiger partial charge in [0.05, 0.1) is 0 Å². The monoisotopic (exact) mass is 238 g/mol. The first-order valence-corrected chi connectivity index (χ1v) is 5.67. The zero-order valence-electron chi connectivity index (χ0n) is 11.3. The summed E-state index contributed by atoms with van der Waals surface area (Å²) in [5.74, 6) is -1.86. The molecule has 0 bridgehead atoms. The van der Waals surface area contributed by atoms with Crippen molar-refractivity contribution in [1.29, 1.82) is 0 Å². The van der Waals surface area contributed by atoms with Crippen LogP contribution in [0.5, 0.6) is 11.5 Å². The van der Waals surface area contributed by atoms with Gasteiger partial charge in [-0.1, -0.05) is 47.3 Å². The maximum absolute atomic E-state index is 14.0. The van der Waals surface area contributed by atoms with Gasteiger partial charge in [-0.05, 0) is 22.5 Å². The van der Waals surface area contributed by atoms with Crippen LogP contribution in [0.25, 0.3) is 0 Å². The summed E-state index contributed by atoms with van der Waals surface area (Å²) in [5.41, 5.74) is -0.951. The Morgan fingerprint density at radius 2 is 1.53 bits per heavy atom. The number of rotatable bonds is 0. The molecule has 95 valence electrons. The summed E-state index contributed by atoms with van der Waals surface area (Å²) in [4.78, 5) is 0. The highest BCUT2D eigenvalue weighted by molar-refractivity contribution is 5.54. The Morgan fingerprint density at radius 3 is 1.88 bits per heavy atom. The molecule has 0 N–H and O–H groups in total. The molecule has 0 fully saturated rings. The van der Waals surface area contributed by atoms with Gasteiger partial charge in [-0.3, -0.25) is 5.11 Å². The highest BCUT2D eigenvalue weighted by Gasteiger charge is 2.27. The minimum Gasteiger partial charge on any atom is -0.870 e. The van der Waals surface area contributed by atoms with Gasteiger partial charge in [0.2, 0.25) is 0 Å². The molecule has 0 aliphatic carbocycles. The topological polar surface area (TPSA) is 43.0 Å². The first-order chi connectivity index (χ1) is 7.46. The lowest BCUT2D eigenvalue weighted by molar-refractivity contribution is -0.273. The summed E-state index contributed by atoms with van der Waals surface area (Å²) >= 11 is 0. The highest BCUT2D eigenvalue weighted by atomic mass is 19.1. The first-order valence-electron chi connectivity index (χ1n) is 5.67. The Hall–Kier alpha value is -1.25. The fourth-order valence-corrected chi connectivity index (χ4v) is 1.86. The third kappa shape index (κ3) is 2.54. The first kappa shape index (κ1) is 13.8. The molecule has 2 nitrogen and oxygen atoms in total. The van der Waals surface area contributed by atoms with Gasteiger partial charge in [-0.15, -0.1) is 0 Å². The minimum atomic E-state index is -0.706. The van der Waals surface area contributed by atoms with Crippen LogP contribution in [0.3, 0.4) is 0 Å². The molecule has 0 heterocycles. The molecule has 1 aromatic rings. The quantitative estimate of drug-likeness (QED) is 0.680. The SMILES string of the molecule is CC(C)(C)c1cc(F)c(C(C)(C)C)c([O-])c1[O]. The Kier molecular flexibility index (Phi) is 3.17. The molecule has 0 atom stereocenters. The average Bonchev–Trinajstić information content (AvgIpc) is 2.07. The second-order valence-corrected chi connectivity index (χ2v) is 6.44. The van der Waals surface area contributed by atoms with E-state index in [2.05, 4.69) is 0 Å². The summed E-state index contributed by atoms with van der Waals surface area (Å²) in [6.07, 6.45) is 0. The molecule has 0 saturated carbocycles. The van der Waals surface area contributed by atoms with Gasteiger partial charge in [0.15, 0.2) is 5.75 Å². The van der Waals surface area contributed by atoms with Crippen LogP contribution in [0.2, 0.25) is 0 Å². The molecule has 1 rings (SSSR count). The largest absolute Gasteiger partial charge is 0.870 e. The summed E-state index contributed by atoms with van der Waals surface area (Å²) in [7, 11) is 0. The zero-order valence-corrected chi connectivity index (χ0v) is 11.3. The molecular weight excluding hydrogens is 219 g/mol. The molecule has 0 spiro atoms. The normalized spacial score (nSPS) is 12.9. The van der Waals surface area contributed by atoms with E-state index >= 15 is 0 Å². The fraction of sp³-hybridized carbons (Fsp3) is 0.571. The smallest absolute Gasteiger partial charge is 0.175 e. The maximum Gasteiger partial charge on any atom is 0.175 e. The third-order valence-electron chi connectivity index (χ3n) is 2.75. The van der Waals surface area contributed by atoms with Gasteiger partial charge in [0, 0.05) is 5.56 Å². The molecular formula is C14H19FO2-. The molecule has 1 radical (unpaired) electrons. The van der Waals surface area contributed by atoms with Crippen LogP contribution in [0.15, 0.2) is 6.07 Å². The number of hydrogen-bond acceptors (Lipinski definition) is 1. The van der Waals surface area contributed by atoms with E-state index in [1.807, 2.05) is 0 Å². The van der Waals surface area contributed by atoms with Crippen LogP contribution in [-0.4, -0.2) is 0 Å². The minimum absolute atomic E-state index is 0.0181. The van der Waals surface area contributed by atoms with E-state index in [9.17, 15) is 14.6 Å². The van der Waals surface area contributed by atoms with Gasteiger partial charge in [0.1, 0.15) is 5.82 Å². The van der Waals surface area contributed by atoms with Crippen LogP contribution in [0.4, 0.5) is 4.39 Å². The van der Waals surface area contributed by atoms with Crippen LogP contribution < -0.4 is 5.11 Å². The molecule has 0 amide bonds. The maximum atomic E-state index is 14.0. The number of halogens is 1. The number of hydrogen-bond donors (Lipinski definition) is 0. The van der Waals surface area contributed by atoms with E-state index in [0.29, 0.717) is 0 Å². The summed E-state index contributed by atoms with van der Waals surface area (Å²) in [5, 5.41) is 23.9. The summed E-state index contributed by atoms with van der Waals surface area (Å²) in [6, 6.07) is 1.21. The Labute approximate surface area is 102 Å². The molecule has 0 aliphatic heterocycles. The van der Waals surface area contributed by atoms with Gasteiger partial charge >= 0.3 is 0 Å². The second-order valence-electron chi connectivity index (χ2n) is 6.44. The Bertz CT molecular complexity index is 437. The van der Waals surface area contributed by atoms with Gasteiger partial charge in [-0.2, -0.15) is 0 Å². The van der Waals surface area contributed by atoms with Gasteiger partial charge in [-0.25, -0.2) is 4.39 Å². The lowest BCUT2D eigenvalue weighted by Crippen LogP contribution is -2.20. The fourth-order valence-electron chi connectivity index (χ4n) is 1.86. The molecule has 1 aromatic carbocycles.